The second kappa shape index (κ2) is 9.59. The fourth-order valence-electron chi connectivity index (χ4n) is 2.04. The van der Waals surface area contributed by atoms with Crippen LogP contribution in [0.15, 0.2) is 24.3 Å². The van der Waals surface area contributed by atoms with Gasteiger partial charge >= 0.3 is 7.60 Å². The fourth-order valence-corrected chi connectivity index (χ4v) is 3.75. The summed E-state index contributed by atoms with van der Waals surface area (Å²) >= 11 is 0. The molecule has 1 aromatic rings. The van der Waals surface area contributed by atoms with Crippen molar-refractivity contribution >= 4 is 21.9 Å². The zero-order valence-electron chi connectivity index (χ0n) is 13.7. The summed E-state index contributed by atoms with van der Waals surface area (Å²) in [5.74, 6) is 0.557. The first-order valence-electron chi connectivity index (χ1n) is 7.48. The van der Waals surface area contributed by atoms with E-state index < -0.39 is 27.1 Å². The Hall–Kier alpha value is -1.05. The van der Waals surface area contributed by atoms with Gasteiger partial charge in [-0.2, -0.15) is 0 Å². The Morgan fingerprint density at radius 2 is 2.04 bits per heavy atom. The highest BCUT2D eigenvalue weighted by molar-refractivity contribution is 7.66. The Bertz CT molecular complexity index is 649. The number of ether oxygens (including phenoxy) is 1. The molecule has 0 aliphatic heterocycles. The SMILES string of the molecule is CN(CCCOc1cccc(C=O)c1)CCC(O)([PH](=O)O)P(=O)(O)O. The van der Waals surface area contributed by atoms with E-state index in [0.717, 1.165) is 6.29 Å². The van der Waals surface area contributed by atoms with Gasteiger partial charge < -0.3 is 29.4 Å². The van der Waals surface area contributed by atoms with Crippen molar-refractivity contribution < 1.29 is 38.4 Å². The van der Waals surface area contributed by atoms with Gasteiger partial charge in [-0.1, -0.05) is 12.1 Å². The van der Waals surface area contributed by atoms with Crippen LogP contribution in [0.4, 0.5) is 0 Å². The van der Waals surface area contributed by atoms with E-state index in [1.165, 1.54) is 0 Å². The summed E-state index contributed by atoms with van der Waals surface area (Å²) in [6, 6.07) is 6.68. The maximum atomic E-state index is 11.2. The molecule has 0 radical (unpaired) electrons. The third kappa shape index (κ3) is 6.64. The quantitative estimate of drug-likeness (QED) is 0.244. The van der Waals surface area contributed by atoms with Gasteiger partial charge in [0, 0.05) is 25.1 Å². The van der Waals surface area contributed by atoms with Crippen molar-refractivity contribution in [2.45, 2.75) is 17.9 Å². The lowest BCUT2D eigenvalue weighted by atomic mass is 10.2. The summed E-state index contributed by atoms with van der Waals surface area (Å²) in [6.07, 6.45) is 0.768. The number of nitrogens with zero attached hydrogens (tertiary/aromatic N) is 1. The Balaban J connectivity index is 2.39. The van der Waals surface area contributed by atoms with Crippen molar-refractivity contribution in [1.29, 1.82) is 0 Å². The fraction of sp³-hybridized carbons (Fsp3) is 0.500. The number of rotatable bonds is 11. The smallest absolute Gasteiger partial charge is 0.366 e. The minimum absolute atomic E-state index is 0.0270. The van der Waals surface area contributed by atoms with Crippen molar-refractivity contribution in [3.63, 3.8) is 0 Å². The average molecular weight is 395 g/mol. The zero-order chi connectivity index (χ0) is 19.1. The third-order valence-corrected chi connectivity index (χ3v) is 7.18. The molecule has 0 bridgehead atoms. The van der Waals surface area contributed by atoms with E-state index in [4.69, 9.17) is 19.4 Å². The molecule has 11 heteroatoms. The lowest BCUT2D eigenvalue weighted by molar-refractivity contribution is 0.112. The Morgan fingerprint density at radius 3 is 2.60 bits per heavy atom. The number of carbonyl (C=O) groups is 1. The predicted octanol–water partition coefficient (Wildman–Crippen LogP) is 0.881. The molecule has 0 fully saturated rings. The molecule has 25 heavy (non-hydrogen) atoms. The van der Waals surface area contributed by atoms with Crippen LogP contribution in [0.2, 0.25) is 0 Å². The van der Waals surface area contributed by atoms with E-state index in [-0.39, 0.29) is 6.54 Å². The first-order valence-corrected chi connectivity index (χ1v) is 10.4. The van der Waals surface area contributed by atoms with Gasteiger partial charge in [0.05, 0.1) is 6.61 Å². The highest BCUT2D eigenvalue weighted by Gasteiger charge is 2.50. The van der Waals surface area contributed by atoms with Crippen molar-refractivity contribution in [2.24, 2.45) is 0 Å². The van der Waals surface area contributed by atoms with E-state index >= 15 is 0 Å². The average Bonchev–Trinajstić information content (AvgIpc) is 2.55. The number of hydrogen-bond donors (Lipinski definition) is 4. The lowest BCUT2D eigenvalue weighted by Crippen LogP contribution is -2.31. The van der Waals surface area contributed by atoms with Crippen LogP contribution >= 0.6 is 15.6 Å². The molecule has 0 spiro atoms. The molecule has 1 aromatic carbocycles. The molecule has 0 aromatic heterocycles. The largest absolute Gasteiger partial charge is 0.494 e. The number of aliphatic hydroxyl groups is 1. The molecule has 2 atom stereocenters. The predicted molar refractivity (Wildman–Crippen MR) is 92.3 cm³/mol. The monoisotopic (exact) mass is 395 g/mol. The van der Waals surface area contributed by atoms with Gasteiger partial charge in [0.25, 0.3) is 0 Å². The van der Waals surface area contributed by atoms with Crippen molar-refractivity contribution in [3.8, 4) is 5.75 Å². The molecule has 0 aliphatic rings. The molecule has 0 amide bonds. The Labute approximate surface area is 146 Å². The van der Waals surface area contributed by atoms with Crippen LogP contribution in [0.3, 0.4) is 0 Å². The molecular weight excluding hydrogens is 372 g/mol. The van der Waals surface area contributed by atoms with Crippen LogP contribution in [0.1, 0.15) is 23.2 Å². The van der Waals surface area contributed by atoms with Crippen LogP contribution in [-0.4, -0.2) is 62.8 Å². The van der Waals surface area contributed by atoms with Gasteiger partial charge in [0.1, 0.15) is 12.0 Å². The molecule has 0 saturated heterocycles. The summed E-state index contributed by atoms with van der Waals surface area (Å²) in [7, 11) is -7.30. The third-order valence-electron chi connectivity index (χ3n) is 3.61. The molecule has 0 heterocycles. The van der Waals surface area contributed by atoms with E-state index in [9.17, 15) is 19.0 Å². The van der Waals surface area contributed by atoms with Crippen molar-refractivity contribution in [2.75, 3.05) is 26.7 Å². The molecule has 9 nitrogen and oxygen atoms in total. The summed E-state index contributed by atoms with van der Waals surface area (Å²) in [4.78, 5) is 39.5. The van der Waals surface area contributed by atoms with Gasteiger partial charge in [-0.05, 0) is 25.6 Å². The highest BCUT2D eigenvalue weighted by Crippen LogP contribution is 2.61. The van der Waals surface area contributed by atoms with Crippen molar-refractivity contribution in [3.05, 3.63) is 29.8 Å². The second-order valence-corrected chi connectivity index (χ2v) is 9.30. The zero-order valence-corrected chi connectivity index (χ0v) is 15.6. The first-order chi connectivity index (χ1) is 11.6. The molecule has 4 N–H and O–H groups in total. The number of hydrogen-bond acceptors (Lipinski definition) is 6. The maximum Gasteiger partial charge on any atom is 0.366 e. The molecule has 2 unspecified atom stereocenters. The minimum Gasteiger partial charge on any atom is -0.494 e. The number of benzene rings is 1. The summed E-state index contributed by atoms with van der Waals surface area (Å²) < 4.78 is 27.8. The van der Waals surface area contributed by atoms with Crippen LogP contribution in [0.25, 0.3) is 0 Å². The van der Waals surface area contributed by atoms with Gasteiger partial charge in [-0.3, -0.25) is 13.9 Å². The standard InChI is InChI=1S/C14H23NO8P2/c1-15(8-6-14(17,24(18)19)25(20,21)22)7-3-9-23-13-5-2-4-12(10-13)11-16/h2,4-5,10-11,17,24H,3,6-9H2,1H3,(H,18,19)(H2,20,21,22). The van der Waals surface area contributed by atoms with Crippen LogP contribution < -0.4 is 4.74 Å². The summed E-state index contributed by atoms with van der Waals surface area (Å²) in [5.41, 5.74) is 0.505. The minimum atomic E-state index is -5.12. The maximum absolute atomic E-state index is 11.2. The molecular formula is C14H23NO8P2. The first kappa shape index (κ1) is 22.0. The Morgan fingerprint density at radius 1 is 1.36 bits per heavy atom. The van der Waals surface area contributed by atoms with Gasteiger partial charge in [-0.15, -0.1) is 0 Å². The molecule has 1 rings (SSSR count). The van der Waals surface area contributed by atoms with E-state index in [0.29, 0.717) is 30.9 Å². The topological polar surface area (TPSA) is 145 Å². The number of carbonyl (C=O) groups excluding carboxylic acids is 1. The van der Waals surface area contributed by atoms with Crippen LogP contribution in [0, 0.1) is 0 Å². The highest BCUT2D eigenvalue weighted by atomic mass is 31.2. The second-order valence-electron chi connectivity index (χ2n) is 5.61. The van der Waals surface area contributed by atoms with E-state index in [1.54, 1.807) is 36.2 Å². The molecule has 0 saturated carbocycles. The van der Waals surface area contributed by atoms with Gasteiger partial charge in [0.15, 0.2) is 0 Å². The number of aldehydes is 1. The van der Waals surface area contributed by atoms with Crippen LogP contribution in [0.5, 0.6) is 5.75 Å². The summed E-state index contributed by atoms with van der Waals surface area (Å²) in [6.45, 7) is 0.863. The molecule has 142 valence electrons. The van der Waals surface area contributed by atoms with Gasteiger partial charge in [-0.25, -0.2) is 0 Å². The van der Waals surface area contributed by atoms with E-state index in [2.05, 4.69) is 0 Å². The molecule has 0 aliphatic carbocycles. The van der Waals surface area contributed by atoms with E-state index in [1.807, 2.05) is 0 Å². The normalized spacial score (nSPS) is 15.6. The van der Waals surface area contributed by atoms with Crippen molar-refractivity contribution in [1.82, 2.24) is 4.90 Å². The van der Waals surface area contributed by atoms with Crippen LogP contribution in [-0.2, 0) is 9.13 Å². The van der Waals surface area contributed by atoms with Gasteiger partial charge in [0.2, 0.25) is 13.1 Å². The lowest BCUT2D eigenvalue weighted by Gasteiger charge is -2.28. The summed E-state index contributed by atoms with van der Waals surface area (Å²) in [5, 5.41) is 6.88. The Kier molecular flexibility index (Phi) is 8.44.